The molecule has 0 atom stereocenters. The van der Waals surface area contributed by atoms with Gasteiger partial charge in [-0.15, -0.1) is 0 Å². The molecule has 0 heterocycles. The Bertz CT molecular complexity index is 820. The molecule has 0 fully saturated rings. The molecule has 0 aliphatic heterocycles. The lowest BCUT2D eigenvalue weighted by Crippen LogP contribution is -2.34. The van der Waals surface area contributed by atoms with E-state index < -0.39 is 5.91 Å². The highest BCUT2D eigenvalue weighted by Gasteiger charge is 2.14. The van der Waals surface area contributed by atoms with Crippen LogP contribution in [0.2, 0.25) is 0 Å². The number of benzene rings is 2. The molecule has 6 heteroatoms. The average molecular weight is 381 g/mol. The summed E-state index contributed by atoms with van der Waals surface area (Å²) in [5.41, 5.74) is 4.90. The molecule has 148 valence electrons. The monoisotopic (exact) mass is 381 g/mol. The third-order valence-corrected chi connectivity index (χ3v) is 4.02. The summed E-state index contributed by atoms with van der Waals surface area (Å²) in [6.07, 6.45) is 1.53. The quantitative estimate of drug-likeness (QED) is 0.571. The minimum Gasteiger partial charge on any atom is -0.494 e. The first-order chi connectivity index (χ1) is 13.3. The summed E-state index contributed by atoms with van der Waals surface area (Å²) in [4.78, 5) is 24.0. The molecule has 0 saturated heterocycles. The Morgan fingerprint density at radius 2 is 1.68 bits per heavy atom. The number of ether oxygens (including phenoxy) is 1. The molecule has 0 bridgehead atoms. The van der Waals surface area contributed by atoms with Gasteiger partial charge >= 0.3 is 0 Å². The van der Waals surface area contributed by atoms with Crippen molar-refractivity contribution in [2.24, 2.45) is 5.10 Å². The Hall–Kier alpha value is -3.15. The van der Waals surface area contributed by atoms with Crippen LogP contribution in [0.3, 0.4) is 0 Å². The molecule has 0 unspecified atom stereocenters. The second kappa shape index (κ2) is 9.69. The molecule has 0 aromatic heterocycles. The highest BCUT2D eigenvalue weighted by molar-refractivity contribution is 5.96. The molecule has 2 rings (SSSR count). The summed E-state index contributed by atoms with van der Waals surface area (Å²) < 4.78 is 5.36. The van der Waals surface area contributed by atoms with Gasteiger partial charge in [-0.2, -0.15) is 5.10 Å². The molecular weight excluding hydrogens is 354 g/mol. The fraction of sp³-hybridized carbons (Fsp3) is 0.318. The lowest BCUT2D eigenvalue weighted by molar-refractivity contribution is -0.120. The molecule has 0 aliphatic rings. The zero-order chi connectivity index (χ0) is 20.6. The van der Waals surface area contributed by atoms with Crippen molar-refractivity contribution in [3.8, 4) is 5.75 Å². The number of nitrogens with zero attached hydrogens (tertiary/aromatic N) is 1. The van der Waals surface area contributed by atoms with E-state index in [4.69, 9.17) is 4.74 Å². The minimum absolute atomic E-state index is 0.0240. The number of hydrazone groups is 1. The van der Waals surface area contributed by atoms with Crippen molar-refractivity contribution < 1.29 is 14.3 Å². The third-order valence-electron chi connectivity index (χ3n) is 4.02. The first kappa shape index (κ1) is 21.2. The van der Waals surface area contributed by atoms with Gasteiger partial charge in [-0.25, -0.2) is 5.43 Å². The zero-order valence-electron chi connectivity index (χ0n) is 16.8. The van der Waals surface area contributed by atoms with Gasteiger partial charge in [-0.1, -0.05) is 32.9 Å². The van der Waals surface area contributed by atoms with Crippen LogP contribution in [-0.2, 0) is 10.2 Å². The Morgan fingerprint density at radius 3 is 2.25 bits per heavy atom. The Labute approximate surface area is 166 Å². The normalized spacial score (nSPS) is 11.3. The van der Waals surface area contributed by atoms with E-state index in [2.05, 4.69) is 36.6 Å². The van der Waals surface area contributed by atoms with Gasteiger partial charge in [-0.05, 0) is 59.9 Å². The number of hydrogen-bond donors (Lipinski definition) is 2. The summed E-state index contributed by atoms with van der Waals surface area (Å²) in [6.45, 7) is 8.71. The van der Waals surface area contributed by atoms with Gasteiger partial charge in [0.2, 0.25) is 0 Å². The van der Waals surface area contributed by atoms with Crippen LogP contribution < -0.4 is 15.5 Å². The highest BCUT2D eigenvalue weighted by atomic mass is 16.5. The van der Waals surface area contributed by atoms with Crippen molar-refractivity contribution in [3.05, 3.63) is 65.2 Å². The van der Waals surface area contributed by atoms with Gasteiger partial charge < -0.3 is 10.1 Å². The van der Waals surface area contributed by atoms with Crippen LogP contribution in [0.25, 0.3) is 0 Å². The fourth-order valence-corrected chi connectivity index (χ4v) is 2.42. The van der Waals surface area contributed by atoms with Gasteiger partial charge in [-0.3, -0.25) is 9.59 Å². The largest absolute Gasteiger partial charge is 0.494 e. The molecule has 0 aliphatic carbocycles. The average Bonchev–Trinajstić information content (AvgIpc) is 2.67. The number of amides is 2. The van der Waals surface area contributed by atoms with E-state index in [1.807, 2.05) is 43.3 Å². The second-order valence-corrected chi connectivity index (χ2v) is 7.31. The number of hydrogen-bond acceptors (Lipinski definition) is 4. The second-order valence-electron chi connectivity index (χ2n) is 7.31. The van der Waals surface area contributed by atoms with Crippen molar-refractivity contribution >= 4 is 18.0 Å². The predicted molar refractivity (Wildman–Crippen MR) is 111 cm³/mol. The molecule has 0 spiro atoms. The minimum atomic E-state index is -0.401. The molecule has 6 nitrogen and oxygen atoms in total. The molecule has 0 radical (unpaired) electrons. The van der Waals surface area contributed by atoms with Gasteiger partial charge in [0.15, 0.2) is 0 Å². The van der Waals surface area contributed by atoms with Crippen LogP contribution in [0, 0.1) is 0 Å². The van der Waals surface area contributed by atoms with Crippen LogP contribution in [0.5, 0.6) is 5.75 Å². The lowest BCUT2D eigenvalue weighted by Gasteiger charge is -2.19. The van der Waals surface area contributed by atoms with E-state index in [9.17, 15) is 9.59 Å². The van der Waals surface area contributed by atoms with Crippen LogP contribution in [0.4, 0.5) is 0 Å². The number of carbonyl (C=O) groups excluding carboxylic acids is 2. The Kier molecular flexibility index (Phi) is 7.32. The summed E-state index contributed by atoms with van der Waals surface area (Å²) in [6, 6.07) is 14.7. The zero-order valence-corrected chi connectivity index (χ0v) is 16.8. The van der Waals surface area contributed by atoms with Crippen LogP contribution in [-0.4, -0.2) is 31.2 Å². The molecular formula is C22H27N3O3. The molecule has 0 saturated carbocycles. The van der Waals surface area contributed by atoms with E-state index in [0.29, 0.717) is 12.2 Å². The summed E-state index contributed by atoms with van der Waals surface area (Å²) in [7, 11) is 0. The van der Waals surface area contributed by atoms with Crippen molar-refractivity contribution in [1.82, 2.24) is 10.7 Å². The van der Waals surface area contributed by atoms with E-state index >= 15 is 0 Å². The fourth-order valence-electron chi connectivity index (χ4n) is 2.42. The van der Waals surface area contributed by atoms with Crippen molar-refractivity contribution in [2.75, 3.05) is 13.2 Å². The molecule has 28 heavy (non-hydrogen) atoms. The molecule has 2 aromatic carbocycles. The van der Waals surface area contributed by atoms with Gasteiger partial charge in [0.25, 0.3) is 11.8 Å². The van der Waals surface area contributed by atoms with Crippen molar-refractivity contribution in [1.29, 1.82) is 0 Å². The number of carbonyl (C=O) groups is 2. The van der Waals surface area contributed by atoms with E-state index in [0.717, 1.165) is 16.9 Å². The van der Waals surface area contributed by atoms with Gasteiger partial charge in [0.05, 0.1) is 19.4 Å². The first-order valence-electron chi connectivity index (χ1n) is 9.23. The van der Waals surface area contributed by atoms with Gasteiger partial charge in [0.1, 0.15) is 5.75 Å². The number of nitrogens with one attached hydrogen (secondary N) is 2. The summed E-state index contributed by atoms with van der Waals surface area (Å²) in [5.74, 6) is 0.0786. The highest BCUT2D eigenvalue weighted by Crippen LogP contribution is 2.22. The standard InChI is InChI=1S/C22H27N3O3/c1-5-28-19-12-6-16(7-13-19)14-24-25-20(26)15-23-21(27)17-8-10-18(11-9-17)22(2,3)4/h6-14H,5,15H2,1-4H3,(H,23,27)(H,25,26)/b24-14+. The van der Waals surface area contributed by atoms with Crippen LogP contribution >= 0.6 is 0 Å². The Balaban J connectivity index is 1.79. The van der Waals surface area contributed by atoms with Crippen molar-refractivity contribution in [3.63, 3.8) is 0 Å². The maximum absolute atomic E-state index is 12.1. The molecule has 2 aromatic rings. The Morgan fingerprint density at radius 1 is 1.04 bits per heavy atom. The van der Waals surface area contributed by atoms with Gasteiger partial charge in [0, 0.05) is 5.56 Å². The summed E-state index contributed by atoms with van der Waals surface area (Å²) in [5, 5.41) is 6.48. The smallest absolute Gasteiger partial charge is 0.259 e. The maximum Gasteiger partial charge on any atom is 0.259 e. The van der Waals surface area contributed by atoms with E-state index in [-0.39, 0.29) is 17.9 Å². The summed E-state index contributed by atoms with van der Waals surface area (Å²) >= 11 is 0. The lowest BCUT2D eigenvalue weighted by atomic mass is 9.87. The van der Waals surface area contributed by atoms with Crippen LogP contribution in [0.15, 0.2) is 53.6 Å². The van der Waals surface area contributed by atoms with Crippen molar-refractivity contribution in [2.45, 2.75) is 33.1 Å². The number of rotatable bonds is 7. The first-order valence-corrected chi connectivity index (χ1v) is 9.23. The SMILES string of the molecule is CCOc1ccc(/C=N/NC(=O)CNC(=O)c2ccc(C(C)(C)C)cc2)cc1. The third kappa shape index (κ3) is 6.54. The predicted octanol–water partition coefficient (Wildman–Crippen LogP) is 3.26. The van der Waals surface area contributed by atoms with E-state index in [1.165, 1.54) is 6.21 Å². The topological polar surface area (TPSA) is 79.8 Å². The maximum atomic E-state index is 12.1. The molecule has 2 N–H and O–H groups in total. The van der Waals surface area contributed by atoms with E-state index in [1.54, 1.807) is 12.1 Å². The van der Waals surface area contributed by atoms with Crippen LogP contribution in [0.1, 0.15) is 49.2 Å². The molecule has 2 amide bonds.